The van der Waals surface area contributed by atoms with Crippen molar-refractivity contribution in [2.24, 2.45) is 0 Å². The fourth-order valence-electron chi connectivity index (χ4n) is 3.15. The van der Waals surface area contributed by atoms with E-state index in [4.69, 9.17) is 0 Å². The van der Waals surface area contributed by atoms with Crippen LogP contribution >= 0.6 is 0 Å². The van der Waals surface area contributed by atoms with E-state index in [0.717, 1.165) is 16.7 Å². The lowest BCUT2D eigenvalue weighted by atomic mass is 10.0. The number of Topliss-reactive ketones (excluding diaryl/α,β-unsaturated/α-hetero) is 1. The fraction of sp³-hybridized carbons (Fsp3) is 0.190. The molecule has 3 rings (SSSR count). The molecule has 2 heterocycles. The molecule has 0 bridgehead atoms. The zero-order valence-corrected chi connectivity index (χ0v) is 15.1. The number of aromatic amines is 1. The molecule has 0 unspecified atom stereocenters. The zero-order valence-electron chi connectivity index (χ0n) is 15.1. The lowest BCUT2D eigenvalue weighted by Gasteiger charge is -2.07. The summed E-state index contributed by atoms with van der Waals surface area (Å²) in [6.07, 6.45) is 2.33. The first-order valence-corrected chi connectivity index (χ1v) is 8.56. The van der Waals surface area contributed by atoms with Crippen LogP contribution < -0.4 is 5.32 Å². The summed E-state index contributed by atoms with van der Waals surface area (Å²) in [5.41, 5.74) is 4.53. The van der Waals surface area contributed by atoms with Gasteiger partial charge in [0.25, 0.3) is 5.91 Å². The predicted octanol–water partition coefficient (Wildman–Crippen LogP) is 4.40. The Bertz CT molecular complexity index is 941. The molecule has 5 nitrogen and oxygen atoms in total. The van der Waals surface area contributed by atoms with Gasteiger partial charge in [0.05, 0.1) is 0 Å². The molecule has 1 amide bonds. The van der Waals surface area contributed by atoms with Crippen LogP contribution in [0, 0.1) is 6.92 Å². The molecule has 0 saturated heterocycles. The first-order chi connectivity index (χ1) is 12.5. The largest absolute Gasteiger partial charge is 0.354 e. The van der Waals surface area contributed by atoms with E-state index >= 15 is 0 Å². The van der Waals surface area contributed by atoms with Gasteiger partial charge in [0.15, 0.2) is 5.78 Å². The Morgan fingerprint density at radius 2 is 1.81 bits per heavy atom. The molecule has 0 aliphatic heterocycles. The van der Waals surface area contributed by atoms with Gasteiger partial charge in [-0.25, -0.2) is 4.98 Å². The van der Waals surface area contributed by atoms with Crippen LogP contribution in [-0.4, -0.2) is 21.7 Å². The number of hydrogen-bond acceptors (Lipinski definition) is 3. The number of nitrogens with zero attached hydrogens (tertiary/aromatic N) is 1. The lowest BCUT2D eigenvalue weighted by molar-refractivity contribution is 0.101. The van der Waals surface area contributed by atoms with Gasteiger partial charge in [0.1, 0.15) is 11.5 Å². The summed E-state index contributed by atoms with van der Waals surface area (Å²) in [5, 5.41) is 2.80. The molecule has 2 N–H and O–H groups in total. The number of aromatic nitrogens is 2. The molecule has 3 aromatic rings. The van der Waals surface area contributed by atoms with Gasteiger partial charge in [-0.1, -0.05) is 37.3 Å². The Morgan fingerprint density at radius 1 is 1.08 bits per heavy atom. The Hall–Kier alpha value is -3.21. The number of amides is 1. The third-order valence-corrected chi connectivity index (χ3v) is 4.34. The van der Waals surface area contributed by atoms with Crippen LogP contribution in [-0.2, 0) is 6.42 Å². The molecule has 0 fully saturated rings. The van der Waals surface area contributed by atoms with E-state index in [9.17, 15) is 9.59 Å². The summed E-state index contributed by atoms with van der Waals surface area (Å²) in [6.45, 7) is 5.25. The topological polar surface area (TPSA) is 74.8 Å². The summed E-state index contributed by atoms with van der Waals surface area (Å²) in [4.78, 5) is 31.9. The third-order valence-electron chi connectivity index (χ3n) is 4.34. The summed E-state index contributed by atoms with van der Waals surface area (Å²) >= 11 is 0. The van der Waals surface area contributed by atoms with Crippen molar-refractivity contribution < 1.29 is 9.59 Å². The van der Waals surface area contributed by atoms with Gasteiger partial charge in [0, 0.05) is 23.0 Å². The highest BCUT2D eigenvalue weighted by molar-refractivity contribution is 6.07. The van der Waals surface area contributed by atoms with Crippen molar-refractivity contribution >= 4 is 17.5 Å². The number of benzene rings is 1. The maximum absolute atomic E-state index is 12.6. The van der Waals surface area contributed by atoms with Crippen LogP contribution in [0.3, 0.4) is 0 Å². The van der Waals surface area contributed by atoms with E-state index < -0.39 is 0 Å². The third kappa shape index (κ3) is 3.42. The van der Waals surface area contributed by atoms with E-state index in [1.54, 1.807) is 19.2 Å². The van der Waals surface area contributed by atoms with Crippen LogP contribution in [0.5, 0.6) is 0 Å². The van der Waals surface area contributed by atoms with Gasteiger partial charge in [0.2, 0.25) is 0 Å². The van der Waals surface area contributed by atoms with Crippen molar-refractivity contribution in [1.82, 2.24) is 9.97 Å². The first kappa shape index (κ1) is 17.6. The molecule has 0 aliphatic rings. The minimum absolute atomic E-state index is 0.0417. The number of aryl methyl sites for hydroxylation is 1. The number of carbonyl (C=O) groups excluding carboxylic acids is 2. The number of hydrogen-bond donors (Lipinski definition) is 2. The summed E-state index contributed by atoms with van der Waals surface area (Å²) in [5.74, 6) is 0.130. The first-order valence-electron chi connectivity index (χ1n) is 8.56. The number of carbonyl (C=O) groups is 2. The number of nitrogens with one attached hydrogen (secondary N) is 2. The monoisotopic (exact) mass is 347 g/mol. The summed E-state index contributed by atoms with van der Waals surface area (Å²) in [6, 6.07) is 13.6. The lowest BCUT2D eigenvalue weighted by Crippen LogP contribution is -2.15. The molecular formula is C21H21N3O2. The minimum atomic E-state index is -0.294. The van der Waals surface area contributed by atoms with Gasteiger partial charge in [-0.15, -0.1) is 0 Å². The standard InChI is InChI=1S/C21H21N3O2/c1-4-17-19(14(3)25)13(2)23-20(17)21(26)24-18-11-10-16(12-22-18)15-8-6-5-7-9-15/h5-12,23H,4H2,1-3H3,(H,22,24,26). The van der Waals surface area contributed by atoms with Crippen molar-refractivity contribution in [1.29, 1.82) is 0 Å². The highest BCUT2D eigenvalue weighted by atomic mass is 16.2. The van der Waals surface area contributed by atoms with Gasteiger partial charge in [-0.05, 0) is 43.5 Å². The van der Waals surface area contributed by atoms with Crippen molar-refractivity contribution in [3.8, 4) is 11.1 Å². The Balaban J connectivity index is 1.83. The maximum atomic E-state index is 12.6. The van der Waals surface area contributed by atoms with E-state index in [0.29, 0.717) is 29.2 Å². The second kappa shape index (κ2) is 7.35. The van der Waals surface area contributed by atoms with Gasteiger partial charge >= 0.3 is 0 Å². The van der Waals surface area contributed by atoms with Crippen LogP contribution in [0.4, 0.5) is 5.82 Å². The van der Waals surface area contributed by atoms with E-state index in [1.807, 2.05) is 43.3 Å². The zero-order chi connectivity index (χ0) is 18.7. The van der Waals surface area contributed by atoms with Crippen molar-refractivity contribution in [2.75, 3.05) is 5.32 Å². The Morgan fingerprint density at radius 3 is 2.38 bits per heavy atom. The molecule has 2 aromatic heterocycles. The maximum Gasteiger partial charge on any atom is 0.273 e. The molecule has 0 saturated carbocycles. The number of rotatable bonds is 5. The second-order valence-electron chi connectivity index (χ2n) is 6.14. The van der Waals surface area contributed by atoms with Crippen LogP contribution in [0.1, 0.15) is 46.0 Å². The van der Waals surface area contributed by atoms with Crippen molar-refractivity contribution in [2.45, 2.75) is 27.2 Å². The van der Waals surface area contributed by atoms with Crippen LogP contribution in [0.2, 0.25) is 0 Å². The SMILES string of the molecule is CCc1c(C(=O)Nc2ccc(-c3ccccc3)cn2)[nH]c(C)c1C(C)=O. The predicted molar refractivity (Wildman–Crippen MR) is 103 cm³/mol. The van der Waals surface area contributed by atoms with Gasteiger partial charge in [-0.2, -0.15) is 0 Å². The van der Waals surface area contributed by atoms with E-state index in [-0.39, 0.29) is 11.7 Å². The van der Waals surface area contributed by atoms with Crippen molar-refractivity contribution in [3.05, 3.63) is 71.2 Å². The molecule has 26 heavy (non-hydrogen) atoms. The van der Waals surface area contributed by atoms with Crippen molar-refractivity contribution in [3.63, 3.8) is 0 Å². The fourth-order valence-corrected chi connectivity index (χ4v) is 3.15. The Kier molecular flexibility index (Phi) is 4.98. The molecule has 0 aliphatic carbocycles. The van der Waals surface area contributed by atoms with E-state index in [1.165, 1.54) is 6.92 Å². The summed E-state index contributed by atoms with van der Waals surface area (Å²) < 4.78 is 0. The number of pyridine rings is 1. The number of H-pyrrole nitrogens is 1. The quantitative estimate of drug-likeness (QED) is 0.672. The number of anilines is 1. The van der Waals surface area contributed by atoms with Crippen LogP contribution in [0.25, 0.3) is 11.1 Å². The number of ketones is 1. The molecule has 5 heteroatoms. The highest BCUT2D eigenvalue weighted by Crippen LogP contribution is 2.22. The van der Waals surface area contributed by atoms with Gasteiger partial charge < -0.3 is 10.3 Å². The molecule has 0 radical (unpaired) electrons. The van der Waals surface area contributed by atoms with Crippen LogP contribution in [0.15, 0.2) is 48.7 Å². The molecule has 132 valence electrons. The molecule has 1 aromatic carbocycles. The highest BCUT2D eigenvalue weighted by Gasteiger charge is 2.21. The molecule has 0 atom stereocenters. The minimum Gasteiger partial charge on any atom is -0.354 e. The smallest absolute Gasteiger partial charge is 0.273 e. The average molecular weight is 347 g/mol. The Labute approximate surface area is 152 Å². The molecular weight excluding hydrogens is 326 g/mol. The van der Waals surface area contributed by atoms with E-state index in [2.05, 4.69) is 15.3 Å². The normalized spacial score (nSPS) is 10.6. The summed E-state index contributed by atoms with van der Waals surface area (Å²) in [7, 11) is 0. The van der Waals surface area contributed by atoms with Gasteiger partial charge in [-0.3, -0.25) is 9.59 Å². The second-order valence-corrected chi connectivity index (χ2v) is 6.14. The molecule has 0 spiro atoms. The average Bonchev–Trinajstić information content (AvgIpc) is 3.00.